The minimum Gasteiger partial charge on any atom is -0.393 e. The Morgan fingerprint density at radius 1 is 1.36 bits per heavy atom. The van der Waals surface area contributed by atoms with Crippen molar-refractivity contribution in [1.29, 1.82) is 0 Å². The number of nitrogens with one attached hydrogen (secondary N) is 1. The summed E-state index contributed by atoms with van der Waals surface area (Å²) in [6, 6.07) is -0.184. The van der Waals surface area contributed by atoms with E-state index in [1.807, 2.05) is 0 Å². The van der Waals surface area contributed by atoms with Crippen molar-refractivity contribution in [2.75, 3.05) is 19.7 Å². The molecular formula is C14H21N3O5. The molecular weight excluding hydrogens is 290 g/mol. The molecule has 0 bridgehead atoms. The minimum atomic E-state index is -1.17. The Morgan fingerprint density at radius 2 is 1.95 bits per heavy atom. The van der Waals surface area contributed by atoms with Gasteiger partial charge in [-0.2, -0.15) is 0 Å². The highest BCUT2D eigenvalue weighted by atomic mass is 16.3. The van der Waals surface area contributed by atoms with E-state index < -0.39 is 22.8 Å². The third-order valence-electron chi connectivity index (χ3n) is 4.03. The Bertz CT molecular complexity index is 668. The first-order valence-electron chi connectivity index (χ1n) is 7.25. The van der Waals surface area contributed by atoms with Gasteiger partial charge in [0.1, 0.15) is 5.56 Å². The molecule has 0 radical (unpaired) electrons. The predicted octanol–water partition coefficient (Wildman–Crippen LogP) is -0.923. The van der Waals surface area contributed by atoms with Crippen molar-refractivity contribution >= 4 is 5.91 Å². The molecule has 22 heavy (non-hydrogen) atoms. The summed E-state index contributed by atoms with van der Waals surface area (Å²) in [4.78, 5) is 39.6. The molecule has 1 fully saturated rings. The Hall–Kier alpha value is -1.93. The van der Waals surface area contributed by atoms with Crippen LogP contribution in [0.1, 0.15) is 43.1 Å². The van der Waals surface area contributed by atoms with Crippen LogP contribution in [0.4, 0.5) is 0 Å². The maximum atomic E-state index is 12.5. The van der Waals surface area contributed by atoms with E-state index in [4.69, 9.17) is 5.11 Å². The molecule has 0 aromatic carbocycles. The molecule has 3 N–H and O–H groups in total. The number of aromatic nitrogens is 2. The van der Waals surface area contributed by atoms with Gasteiger partial charge in [-0.1, -0.05) is 0 Å². The number of hydrogen-bond acceptors (Lipinski definition) is 5. The molecule has 0 atom stereocenters. The second-order valence-corrected chi connectivity index (χ2v) is 5.98. The number of H-pyrrole nitrogens is 1. The van der Waals surface area contributed by atoms with Gasteiger partial charge in [-0.25, -0.2) is 4.79 Å². The van der Waals surface area contributed by atoms with Crippen LogP contribution in [-0.2, 0) is 0 Å². The van der Waals surface area contributed by atoms with Gasteiger partial charge in [0.15, 0.2) is 0 Å². The van der Waals surface area contributed by atoms with Crippen LogP contribution in [0, 0.1) is 0 Å². The number of aromatic amines is 1. The molecule has 1 aromatic rings. The van der Waals surface area contributed by atoms with Crippen molar-refractivity contribution < 1.29 is 15.0 Å². The molecule has 122 valence electrons. The van der Waals surface area contributed by atoms with Crippen LogP contribution in [-0.4, -0.2) is 55.9 Å². The Morgan fingerprint density at radius 3 is 2.45 bits per heavy atom. The fourth-order valence-electron chi connectivity index (χ4n) is 2.48. The van der Waals surface area contributed by atoms with Crippen molar-refractivity contribution in [2.24, 2.45) is 0 Å². The van der Waals surface area contributed by atoms with Crippen LogP contribution in [0.25, 0.3) is 0 Å². The molecule has 1 aliphatic rings. The van der Waals surface area contributed by atoms with Gasteiger partial charge in [-0.15, -0.1) is 0 Å². The van der Waals surface area contributed by atoms with Crippen LogP contribution in [0.15, 0.2) is 15.8 Å². The highest BCUT2D eigenvalue weighted by Gasteiger charge is 2.34. The molecule has 2 heterocycles. The van der Waals surface area contributed by atoms with Gasteiger partial charge >= 0.3 is 5.69 Å². The van der Waals surface area contributed by atoms with E-state index in [2.05, 4.69) is 4.98 Å². The molecule has 2 rings (SSSR count). The number of aliphatic hydroxyl groups excluding tert-OH is 1. The third-order valence-corrected chi connectivity index (χ3v) is 4.03. The van der Waals surface area contributed by atoms with Crippen molar-refractivity contribution in [3.63, 3.8) is 0 Å². The number of aliphatic hydroxyl groups is 2. The number of carbonyl (C=O) groups is 1. The van der Waals surface area contributed by atoms with Gasteiger partial charge in [0, 0.05) is 25.3 Å². The monoisotopic (exact) mass is 311 g/mol. The number of hydrogen-bond donors (Lipinski definition) is 3. The number of carbonyl (C=O) groups excluding carboxylic acids is 1. The van der Waals surface area contributed by atoms with E-state index in [0.29, 0.717) is 0 Å². The molecule has 8 nitrogen and oxygen atoms in total. The summed E-state index contributed by atoms with van der Waals surface area (Å²) in [5.74, 6) is -0.476. The highest BCUT2D eigenvalue weighted by Crippen LogP contribution is 2.22. The average Bonchev–Trinajstić information content (AvgIpc) is 2.47. The smallest absolute Gasteiger partial charge is 0.328 e. The second kappa shape index (κ2) is 6.05. The molecule has 1 amide bonds. The number of rotatable bonds is 3. The van der Waals surface area contributed by atoms with Crippen molar-refractivity contribution in [3.8, 4) is 0 Å². The second-order valence-electron chi connectivity index (χ2n) is 5.98. The average molecular weight is 311 g/mol. The third kappa shape index (κ3) is 3.12. The van der Waals surface area contributed by atoms with Gasteiger partial charge in [0.2, 0.25) is 0 Å². The van der Waals surface area contributed by atoms with Crippen molar-refractivity contribution in [2.45, 2.75) is 38.3 Å². The van der Waals surface area contributed by atoms with Crippen LogP contribution in [0.3, 0.4) is 0 Å². The molecule has 1 aliphatic heterocycles. The molecule has 1 saturated heterocycles. The highest BCUT2D eigenvalue weighted by molar-refractivity contribution is 5.93. The lowest BCUT2D eigenvalue weighted by molar-refractivity contribution is -0.0546. The van der Waals surface area contributed by atoms with Gasteiger partial charge < -0.3 is 15.1 Å². The topological polar surface area (TPSA) is 116 Å². The van der Waals surface area contributed by atoms with Gasteiger partial charge in [-0.3, -0.25) is 19.1 Å². The van der Waals surface area contributed by atoms with E-state index in [1.165, 1.54) is 15.7 Å². The van der Waals surface area contributed by atoms with Gasteiger partial charge in [0.05, 0.1) is 12.2 Å². The van der Waals surface area contributed by atoms with Crippen LogP contribution in [0.5, 0.6) is 0 Å². The van der Waals surface area contributed by atoms with E-state index in [9.17, 15) is 19.5 Å². The van der Waals surface area contributed by atoms with Crippen LogP contribution < -0.4 is 11.2 Å². The Balaban J connectivity index is 2.26. The summed E-state index contributed by atoms with van der Waals surface area (Å²) in [5, 5.41) is 19.1. The fourth-order valence-corrected chi connectivity index (χ4v) is 2.48. The number of nitrogens with zero attached hydrogens (tertiary/aromatic N) is 2. The summed E-state index contributed by atoms with van der Waals surface area (Å²) in [7, 11) is 0. The standard InChI is InChI=1S/C14H21N3O5/c1-9(2)17-7-10(11(19)15-13(17)21)12(20)16-5-3-14(22,8-18)4-6-16/h7,9,18,22H,3-6,8H2,1-2H3,(H,15,19,21). The zero-order chi connectivity index (χ0) is 16.5. The Kier molecular flexibility index (Phi) is 4.52. The maximum absolute atomic E-state index is 12.5. The molecule has 0 unspecified atom stereocenters. The molecule has 0 spiro atoms. The van der Waals surface area contributed by atoms with E-state index >= 15 is 0 Å². The first-order valence-corrected chi connectivity index (χ1v) is 7.25. The Labute approximate surface area is 127 Å². The van der Waals surface area contributed by atoms with E-state index in [0.717, 1.165) is 0 Å². The van der Waals surface area contributed by atoms with E-state index in [-0.39, 0.29) is 44.1 Å². The SMILES string of the molecule is CC(C)n1cc(C(=O)N2CCC(O)(CO)CC2)c(=O)[nH]c1=O. The summed E-state index contributed by atoms with van der Waals surface area (Å²) >= 11 is 0. The summed E-state index contributed by atoms with van der Waals surface area (Å²) in [6.45, 7) is 3.69. The summed E-state index contributed by atoms with van der Waals surface area (Å²) in [6.07, 6.45) is 1.77. The van der Waals surface area contributed by atoms with Crippen molar-refractivity contribution in [1.82, 2.24) is 14.5 Å². The zero-order valence-electron chi connectivity index (χ0n) is 12.7. The predicted molar refractivity (Wildman–Crippen MR) is 78.9 cm³/mol. The largest absolute Gasteiger partial charge is 0.393 e. The first-order chi connectivity index (χ1) is 10.3. The van der Waals surface area contributed by atoms with Crippen LogP contribution >= 0.6 is 0 Å². The van der Waals surface area contributed by atoms with Crippen molar-refractivity contribution in [3.05, 3.63) is 32.6 Å². The van der Waals surface area contributed by atoms with Gasteiger partial charge in [0.25, 0.3) is 11.5 Å². The fraction of sp³-hybridized carbons (Fsp3) is 0.643. The molecule has 8 heteroatoms. The summed E-state index contributed by atoms with van der Waals surface area (Å²) in [5.41, 5.74) is -2.53. The maximum Gasteiger partial charge on any atom is 0.328 e. The normalized spacial score (nSPS) is 17.8. The number of amides is 1. The lowest BCUT2D eigenvalue weighted by Gasteiger charge is -2.36. The van der Waals surface area contributed by atoms with Gasteiger partial charge in [-0.05, 0) is 26.7 Å². The molecule has 1 aromatic heterocycles. The number of piperidine rings is 1. The number of likely N-dealkylation sites (tertiary alicyclic amines) is 1. The quantitative estimate of drug-likeness (QED) is 0.667. The first kappa shape index (κ1) is 16.4. The van der Waals surface area contributed by atoms with Crippen LogP contribution in [0.2, 0.25) is 0 Å². The lowest BCUT2D eigenvalue weighted by Crippen LogP contribution is -2.49. The summed E-state index contributed by atoms with van der Waals surface area (Å²) < 4.78 is 1.29. The lowest BCUT2D eigenvalue weighted by atomic mass is 9.92. The minimum absolute atomic E-state index is 0.0947. The molecule has 0 aliphatic carbocycles. The van der Waals surface area contributed by atoms with E-state index in [1.54, 1.807) is 13.8 Å². The molecule has 0 saturated carbocycles. The zero-order valence-corrected chi connectivity index (χ0v) is 12.7.